The van der Waals surface area contributed by atoms with Crippen LogP contribution in [0.4, 0.5) is 0 Å². The van der Waals surface area contributed by atoms with Gasteiger partial charge in [-0.1, -0.05) is 0 Å². The summed E-state index contributed by atoms with van der Waals surface area (Å²) in [4.78, 5) is 0. The van der Waals surface area contributed by atoms with Gasteiger partial charge in [0.15, 0.2) is 0 Å². The molecule has 4 nitrogen and oxygen atoms in total. The number of amidine groups is 1. The number of hydrogen-bond acceptors (Lipinski definition) is 3. The molecule has 0 aliphatic rings. The maximum atomic E-state index is 5.53. The highest BCUT2D eigenvalue weighted by atomic mass is 16.5. The van der Waals surface area contributed by atoms with Crippen molar-refractivity contribution < 1.29 is 4.74 Å². The molecule has 4 heteroatoms. The van der Waals surface area contributed by atoms with E-state index in [9.17, 15) is 0 Å². The first-order chi connectivity index (χ1) is 6.63. The van der Waals surface area contributed by atoms with E-state index in [1.165, 1.54) is 0 Å². The summed E-state index contributed by atoms with van der Waals surface area (Å²) in [6.07, 6.45) is 0.168. The molecule has 76 valence electrons. The van der Waals surface area contributed by atoms with Gasteiger partial charge in [0.1, 0.15) is 11.6 Å². The second-order valence-electron chi connectivity index (χ2n) is 3.21. The number of nitrogens with zero attached hydrogens (tertiary/aromatic N) is 1. The van der Waals surface area contributed by atoms with Crippen LogP contribution in [0.25, 0.3) is 0 Å². The van der Waals surface area contributed by atoms with Crippen LogP contribution in [0.5, 0.6) is 5.75 Å². The Bertz CT molecular complexity index is 317. The number of rotatable bonds is 3. The standard InChI is InChI=1S/C10H15N3O/c1-7(2)14-9-5-3-8(4-6-9)10(11)13-12/h3-7H,12H2,1-2H3,(H2,11,13). The molecule has 0 aliphatic carbocycles. The Morgan fingerprint density at radius 2 is 1.86 bits per heavy atom. The van der Waals surface area contributed by atoms with Crippen molar-refractivity contribution in [3.05, 3.63) is 29.8 Å². The Morgan fingerprint density at radius 3 is 2.29 bits per heavy atom. The summed E-state index contributed by atoms with van der Waals surface area (Å²) in [6, 6.07) is 7.33. The number of nitrogens with two attached hydrogens (primary N) is 2. The Balaban J connectivity index is 2.78. The smallest absolute Gasteiger partial charge is 0.150 e. The van der Waals surface area contributed by atoms with Crippen LogP contribution in [-0.2, 0) is 0 Å². The third-order valence-electron chi connectivity index (χ3n) is 1.66. The Hall–Kier alpha value is -1.71. The van der Waals surface area contributed by atoms with Crippen molar-refractivity contribution in [3.63, 3.8) is 0 Å². The van der Waals surface area contributed by atoms with Gasteiger partial charge in [0, 0.05) is 5.56 Å². The van der Waals surface area contributed by atoms with Gasteiger partial charge >= 0.3 is 0 Å². The summed E-state index contributed by atoms with van der Waals surface area (Å²) >= 11 is 0. The predicted molar refractivity (Wildman–Crippen MR) is 57.1 cm³/mol. The SMILES string of the molecule is CC(C)Oc1ccc(/C(N)=N/N)cc1. The number of benzene rings is 1. The molecule has 0 saturated heterocycles. The summed E-state index contributed by atoms with van der Waals surface area (Å²) < 4.78 is 5.47. The topological polar surface area (TPSA) is 73.6 Å². The van der Waals surface area contributed by atoms with Gasteiger partial charge in [-0.15, -0.1) is 0 Å². The van der Waals surface area contributed by atoms with Crippen LogP contribution < -0.4 is 16.3 Å². The Morgan fingerprint density at radius 1 is 1.29 bits per heavy atom. The van der Waals surface area contributed by atoms with Crippen molar-refractivity contribution in [1.82, 2.24) is 0 Å². The van der Waals surface area contributed by atoms with E-state index in [1.54, 1.807) is 0 Å². The lowest BCUT2D eigenvalue weighted by Gasteiger charge is -2.09. The molecule has 0 heterocycles. The van der Waals surface area contributed by atoms with E-state index in [0.717, 1.165) is 11.3 Å². The van der Waals surface area contributed by atoms with Crippen molar-refractivity contribution in [1.29, 1.82) is 0 Å². The summed E-state index contributed by atoms with van der Waals surface area (Å²) in [5, 5.41) is 3.40. The number of hydrazone groups is 1. The highest BCUT2D eigenvalue weighted by Crippen LogP contribution is 2.13. The van der Waals surface area contributed by atoms with Gasteiger partial charge in [-0.2, -0.15) is 5.10 Å². The minimum Gasteiger partial charge on any atom is -0.491 e. The molecule has 0 spiro atoms. The molecule has 0 aromatic heterocycles. The molecule has 0 saturated carbocycles. The highest BCUT2D eigenvalue weighted by Gasteiger charge is 2.00. The minimum atomic E-state index is 0.168. The first-order valence-electron chi connectivity index (χ1n) is 4.44. The molecule has 14 heavy (non-hydrogen) atoms. The van der Waals surface area contributed by atoms with Gasteiger partial charge in [0.2, 0.25) is 0 Å². The van der Waals surface area contributed by atoms with Gasteiger partial charge in [-0.25, -0.2) is 0 Å². The molecule has 0 atom stereocenters. The lowest BCUT2D eigenvalue weighted by atomic mass is 10.2. The van der Waals surface area contributed by atoms with E-state index >= 15 is 0 Å². The molecule has 1 rings (SSSR count). The molecule has 0 amide bonds. The maximum Gasteiger partial charge on any atom is 0.150 e. The van der Waals surface area contributed by atoms with Crippen molar-refractivity contribution in [3.8, 4) is 5.75 Å². The Labute approximate surface area is 83.5 Å². The number of ether oxygens (including phenoxy) is 1. The van der Waals surface area contributed by atoms with Gasteiger partial charge in [0.25, 0.3) is 0 Å². The predicted octanol–water partition coefficient (Wildman–Crippen LogP) is 1.05. The second kappa shape index (κ2) is 4.50. The average Bonchev–Trinajstić information content (AvgIpc) is 2.17. The molecule has 4 N–H and O–H groups in total. The van der Waals surface area contributed by atoms with Crippen molar-refractivity contribution in [2.45, 2.75) is 20.0 Å². The minimum absolute atomic E-state index is 0.168. The molecule has 0 radical (unpaired) electrons. The summed E-state index contributed by atoms with van der Waals surface area (Å²) in [5.41, 5.74) is 6.32. The monoisotopic (exact) mass is 193 g/mol. The normalized spacial score (nSPS) is 11.8. The molecule has 0 unspecified atom stereocenters. The maximum absolute atomic E-state index is 5.53. The fourth-order valence-corrected chi connectivity index (χ4v) is 1.05. The van der Waals surface area contributed by atoms with E-state index in [1.807, 2.05) is 38.1 Å². The summed E-state index contributed by atoms with van der Waals surface area (Å²) in [6.45, 7) is 3.95. The van der Waals surface area contributed by atoms with E-state index in [4.69, 9.17) is 16.3 Å². The molecular formula is C10H15N3O. The van der Waals surface area contributed by atoms with Gasteiger partial charge in [-0.3, -0.25) is 0 Å². The Kier molecular flexibility index (Phi) is 3.34. The van der Waals surface area contributed by atoms with E-state index in [2.05, 4.69) is 5.10 Å². The van der Waals surface area contributed by atoms with Crippen LogP contribution in [0, 0.1) is 0 Å². The van der Waals surface area contributed by atoms with E-state index in [-0.39, 0.29) is 6.10 Å². The third-order valence-corrected chi connectivity index (χ3v) is 1.66. The van der Waals surface area contributed by atoms with Gasteiger partial charge in [0.05, 0.1) is 6.10 Å². The van der Waals surface area contributed by atoms with E-state index in [0.29, 0.717) is 5.84 Å². The highest BCUT2D eigenvalue weighted by molar-refractivity contribution is 5.97. The van der Waals surface area contributed by atoms with Gasteiger partial charge < -0.3 is 16.3 Å². The van der Waals surface area contributed by atoms with Crippen LogP contribution in [0.2, 0.25) is 0 Å². The average molecular weight is 193 g/mol. The molecule has 0 fully saturated rings. The zero-order valence-corrected chi connectivity index (χ0v) is 8.40. The zero-order valence-electron chi connectivity index (χ0n) is 8.40. The number of hydrogen-bond donors (Lipinski definition) is 2. The van der Waals surface area contributed by atoms with Crippen LogP contribution in [0.3, 0.4) is 0 Å². The van der Waals surface area contributed by atoms with Crippen molar-refractivity contribution >= 4 is 5.84 Å². The molecule has 1 aromatic rings. The van der Waals surface area contributed by atoms with Crippen molar-refractivity contribution in [2.24, 2.45) is 16.7 Å². The van der Waals surface area contributed by atoms with Gasteiger partial charge in [-0.05, 0) is 38.1 Å². The van der Waals surface area contributed by atoms with E-state index < -0.39 is 0 Å². The zero-order chi connectivity index (χ0) is 10.6. The van der Waals surface area contributed by atoms with Crippen LogP contribution >= 0.6 is 0 Å². The fraction of sp³-hybridized carbons (Fsp3) is 0.300. The summed E-state index contributed by atoms with van der Waals surface area (Å²) in [5.74, 6) is 6.19. The molecule has 0 aliphatic heterocycles. The second-order valence-corrected chi connectivity index (χ2v) is 3.21. The van der Waals surface area contributed by atoms with Crippen LogP contribution in [0.1, 0.15) is 19.4 Å². The van der Waals surface area contributed by atoms with Crippen LogP contribution in [0.15, 0.2) is 29.4 Å². The quantitative estimate of drug-likeness (QED) is 0.326. The molecule has 1 aromatic carbocycles. The summed E-state index contributed by atoms with van der Waals surface area (Å²) in [7, 11) is 0. The lowest BCUT2D eigenvalue weighted by Crippen LogP contribution is -2.15. The van der Waals surface area contributed by atoms with Crippen LogP contribution in [-0.4, -0.2) is 11.9 Å². The first kappa shape index (κ1) is 10.4. The van der Waals surface area contributed by atoms with Crippen molar-refractivity contribution in [2.75, 3.05) is 0 Å². The fourth-order valence-electron chi connectivity index (χ4n) is 1.05. The lowest BCUT2D eigenvalue weighted by molar-refractivity contribution is 0.242. The largest absolute Gasteiger partial charge is 0.491 e. The first-order valence-corrected chi connectivity index (χ1v) is 4.44. The molecule has 0 bridgehead atoms. The third kappa shape index (κ3) is 2.65. The molecular weight excluding hydrogens is 178 g/mol.